The van der Waals surface area contributed by atoms with Gasteiger partial charge in [-0.05, 0) is 30.9 Å². The van der Waals surface area contributed by atoms with Crippen LogP contribution in [0.2, 0.25) is 0 Å². The Labute approximate surface area is 94.5 Å². The molecule has 88 valence electrons. The van der Waals surface area contributed by atoms with Crippen LogP contribution in [0.5, 0.6) is 0 Å². The number of aryl methyl sites for hydroxylation is 1. The number of Topliss-reactive ketones (excluding diaryl/α,β-unsaturated/α-hetero) is 1. The molecule has 0 aliphatic heterocycles. The van der Waals surface area contributed by atoms with Crippen molar-refractivity contribution in [3.63, 3.8) is 0 Å². The van der Waals surface area contributed by atoms with Gasteiger partial charge in [-0.15, -0.1) is 0 Å². The monoisotopic (exact) mass is 226 g/mol. The molecule has 0 spiro atoms. The standard InChI is InChI=1S/C13H16F2O/c1-8(2)4-7-11(16)10-6-5-9(3)12(14)13(10)15/h5-6,8H,4,7H2,1-3H3. The van der Waals surface area contributed by atoms with E-state index < -0.39 is 11.6 Å². The highest BCUT2D eigenvalue weighted by atomic mass is 19.2. The highest BCUT2D eigenvalue weighted by molar-refractivity contribution is 5.96. The smallest absolute Gasteiger partial charge is 0.169 e. The van der Waals surface area contributed by atoms with E-state index in [1.54, 1.807) is 0 Å². The molecule has 0 saturated heterocycles. The van der Waals surface area contributed by atoms with Gasteiger partial charge in [-0.25, -0.2) is 8.78 Å². The number of carbonyl (C=O) groups excluding carboxylic acids is 1. The summed E-state index contributed by atoms with van der Waals surface area (Å²) in [7, 11) is 0. The van der Waals surface area contributed by atoms with Crippen LogP contribution in [-0.2, 0) is 0 Å². The molecule has 0 aliphatic rings. The van der Waals surface area contributed by atoms with Gasteiger partial charge in [0.2, 0.25) is 0 Å². The zero-order valence-electron chi connectivity index (χ0n) is 9.81. The van der Waals surface area contributed by atoms with Crippen molar-refractivity contribution < 1.29 is 13.6 Å². The number of benzene rings is 1. The maximum absolute atomic E-state index is 13.4. The Morgan fingerprint density at radius 1 is 1.25 bits per heavy atom. The molecule has 0 fully saturated rings. The first kappa shape index (κ1) is 12.8. The van der Waals surface area contributed by atoms with Crippen molar-refractivity contribution >= 4 is 5.78 Å². The Balaban J connectivity index is 2.88. The molecule has 0 aliphatic carbocycles. The number of ketones is 1. The summed E-state index contributed by atoms with van der Waals surface area (Å²) < 4.78 is 26.7. The third-order valence-electron chi connectivity index (χ3n) is 2.52. The second kappa shape index (κ2) is 5.19. The van der Waals surface area contributed by atoms with Crippen molar-refractivity contribution in [3.05, 3.63) is 34.9 Å². The lowest BCUT2D eigenvalue weighted by atomic mass is 10.00. The number of carbonyl (C=O) groups is 1. The molecule has 1 aromatic rings. The van der Waals surface area contributed by atoms with Gasteiger partial charge in [-0.2, -0.15) is 0 Å². The fraction of sp³-hybridized carbons (Fsp3) is 0.462. The number of hydrogen-bond acceptors (Lipinski definition) is 1. The highest BCUT2D eigenvalue weighted by Crippen LogP contribution is 2.18. The molecule has 0 aromatic heterocycles. The van der Waals surface area contributed by atoms with Gasteiger partial charge >= 0.3 is 0 Å². The number of halogens is 2. The first-order valence-corrected chi connectivity index (χ1v) is 5.41. The van der Waals surface area contributed by atoms with Crippen molar-refractivity contribution in [1.82, 2.24) is 0 Å². The number of hydrogen-bond donors (Lipinski definition) is 0. The van der Waals surface area contributed by atoms with Crippen molar-refractivity contribution in [2.24, 2.45) is 5.92 Å². The van der Waals surface area contributed by atoms with Gasteiger partial charge < -0.3 is 0 Å². The normalized spacial score (nSPS) is 10.9. The second-order valence-corrected chi connectivity index (χ2v) is 4.41. The fourth-order valence-corrected chi connectivity index (χ4v) is 1.42. The maximum Gasteiger partial charge on any atom is 0.169 e. The maximum atomic E-state index is 13.4. The zero-order chi connectivity index (χ0) is 12.3. The first-order chi connectivity index (χ1) is 7.43. The van der Waals surface area contributed by atoms with Crippen LogP contribution in [0.3, 0.4) is 0 Å². The summed E-state index contributed by atoms with van der Waals surface area (Å²) in [6.07, 6.45) is 0.949. The third kappa shape index (κ3) is 2.87. The van der Waals surface area contributed by atoms with E-state index in [1.165, 1.54) is 19.1 Å². The average Bonchev–Trinajstić information content (AvgIpc) is 2.23. The van der Waals surface area contributed by atoms with Crippen molar-refractivity contribution in [2.45, 2.75) is 33.6 Å². The lowest BCUT2D eigenvalue weighted by Gasteiger charge is -2.06. The van der Waals surface area contributed by atoms with E-state index in [9.17, 15) is 13.6 Å². The molecule has 0 N–H and O–H groups in total. The average molecular weight is 226 g/mol. The van der Waals surface area contributed by atoms with Crippen LogP contribution < -0.4 is 0 Å². The van der Waals surface area contributed by atoms with E-state index in [2.05, 4.69) is 0 Å². The van der Waals surface area contributed by atoms with E-state index in [0.29, 0.717) is 12.3 Å². The summed E-state index contributed by atoms with van der Waals surface area (Å²) in [5.74, 6) is -1.89. The van der Waals surface area contributed by atoms with Crippen molar-refractivity contribution in [1.29, 1.82) is 0 Å². The SMILES string of the molecule is Cc1ccc(C(=O)CCC(C)C)c(F)c1F. The van der Waals surface area contributed by atoms with E-state index in [0.717, 1.165) is 0 Å². The van der Waals surface area contributed by atoms with Gasteiger partial charge in [0.25, 0.3) is 0 Å². The van der Waals surface area contributed by atoms with Gasteiger partial charge in [0.1, 0.15) is 0 Å². The predicted octanol–water partition coefficient (Wildman–Crippen LogP) is 3.89. The summed E-state index contributed by atoms with van der Waals surface area (Å²) in [5, 5.41) is 0. The summed E-state index contributed by atoms with van der Waals surface area (Å²) in [6, 6.07) is 2.79. The van der Waals surface area contributed by atoms with Crippen LogP contribution in [0, 0.1) is 24.5 Å². The largest absolute Gasteiger partial charge is 0.294 e. The van der Waals surface area contributed by atoms with Gasteiger partial charge in [0.15, 0.2) is 17.4 Å². The van der Waals surface area contributed by atoms with Crippen molar-refractivity contribution in [3.8, 4) is 0 Å². The molecule has 0 unspecified atom stereocenters. The molecular formula is C13H16F2O. The molecule has 0 atom stereocenters. The molecule has 0 saturated carbocycles. The third-order valence-corrected chi connectivity index (χ3v) is 2.52. The zero-order valence-corrected chi connectivity index (χ0v) is 9.81. The van der Waals surface area contributed by atoms with E-state index >= 15 is 0 Å². The molecule has 0 amide bonds. The van der Waals surface area contributed by atoms with Crippen LogP contribution in [0.1, 0.15) is 42.6 Å². The molecular weight excluding hydrogens is 210 g/mol. The topological polar surface area (TPSA) is 17.1 Å². The quantitative estimate of drug-likeness (QED) is 0.712. The summed E-state index contributed by atoms with van der Waals surface area (Å²) in [5.41, 5.74) is 0.0849. The molecule has 3 heteroatoms. The summed E-state index contributed by atoms with van der Waals surface area (Å²) >= 11 is 0. The van der Waals surface area contributed by atoms with Crippen LogP contribution in [0.25, 0.3) is 0 Å². The van der Waals surface area contributed by atoms with E-state index in [1.807, 2.05) is 13.8 Å². The Morgan fingerprint density at radius 3 is 2.44 bits per heavy atom. The minimum atomic E-state index is -1.02. The first-order valence-electron chi connectivity index (χ1n) is 5.41. The van der Waals surface area contributed by atoms with E-state index in [-0.39, 0.29) is 23.3 Å². The van der Waals surface area contributed by atoms with Gasteiger partial charge in [0.05, 0.1) is 5.56 Å². The van der Waals surface area contributed by atoms with Gasteiger partial charge in [0, 0.05) is 6.42 Å². The molecule has 1 nitrogen and oxygen atoms in total. The van der Waals surface area contributed by atoms with E-state index in [4.69, 9.17) is 0 Å². The molecule has 0 radical (unpaired) electrons. The minimum Gasteiger partial charge on any atom is -0.294 e. The Kier molecular flexibility index (Phi) is 4.16. The molecule has 0 heterocycles. The molecule has 1 rings (SSSR count). The highest BCUT2D eigenvalue weighted by Gasteiger charge is 2.16. The molecule has 16 heavy (non-hydrogen) atoms. The molecule has 0 bridgehead atoms. The molecule has 1 aromatic carbocycles. The Morgan fingerprint density at radius 2 is 1.88 bits per heavy atom. The Bertz CT molecular complexity index is 397. The van der Waals surface area contributed by atoms with Gasteiger partial charge in [-0.3, -0.25) is 4.79 Å². The summed E-state index contributed by atoms with van der Waals surface area (Å²) in [4.78, 5) is 11.6. The van der Waals surface area contributed by atoms with Crippen molar-refractivity contribution in [2.75, 3.05) is 0 Å². The lowest BCUT2D eigenvalue weighted by Crippen LogP contribution is -2.06. The predicted molar refractivity (Wildman–Crippen MR) is 59.5 cm³/mol. The lowest BCUT2D eigenvalue weighted by molar-refractivity contribution is 0.0970. The summed E-state index contributed by atoms with van der Waals surface area (Å²) in [6.45, 7) is 5.44. The second-order valence-electron chi connectivity index (χ2n) is 4.41. The number of rotatable bonds is 4. The van der Waals surface area contributed by atoms with Crippen LogP contribution in [0.15, 0.2) is 12.1 Å². The minimum absolute atomic E-state index is 0.135. The Hall–Kier alpha value is -1.25. The van der Waals surface area contributed by atoms with Crippen LogP contribution >= 0.6 is 0 Å². The van der Waals surface area contributed by atoms with Crippen LogP contribution in [-0.4, -0.2) is 5.78 Å². The fourth-order valence-electron chi connectivity index (χ4n) is 1.42. The van der Waals surface area contributed by atoms with Crippen LogP contribution in [0.4, 0.5) is 8.78 Å². The van der Waals surface area contributed by atoms with Gasteiger partial charge in [-0.1, -0.05) is 19.9 Å².